The molecule has 0 aliphatic rings. The molecule has 0 fully saturated rings. The lowest BCUT2D eigenvalue weighted by Crippen LogP contribution is -2.19. The molecule has 0 aliphatic heterocycles. The van der Waals surface area contributed by atoms with Crippen molar-refractivity contribution in [3.63, 3.8) is 0 Å². The number of hydrogen-bond donors (Lipinski definition) is 1. The van der Waals surface area contributed by atoms with Crippen LogP contribution in [0.2, 0.25) is 0 Å². The van der Waals surface area contributed by atoms with E-state index in [-0.39, 0.29) is 10.4 Å². The maximum Gasteiger partial charge on any atom is 0.417 e. The van der Waals surface area contributed by atoms with Gasteiger partial charge in [0.05, 0.1) is 29.3 Å². The topological polar surface area (TPSA) is 83.6 Å². The summed E-state index contributed by atoms with van der Waals surface area (Å²) < 4.78 is 41.1. The minimum absolute atomic E-state index is 0.116. The van der Waals surface area contributed by atoms with Gasteiger partial charge in [-0.15, -0.1) is 5.10 Å². The van der Waals surface area contributed by atoms with E-state index >= 15 is 0 Å². The Kier molecular flexibility index (Phi) is 5.46. The van der Waals surface area contributed by atoms with Gasteiger partial charge in [0, 0.05) is 4.47 Å². The predicted octanol–water partition coefficient (Wildman–Crippen LogP) is 4.23. The van der Waals surface area contributed by atoms with Gasteiger partial charge in [-0.2, -0.15) is 18.4 Å². The van der Waals surface area contributed by atoms with Gasteiger partial charge in [0.15, 0.2) is 0 Å². The van der Waals surface area contributed by atoms with Gasteiger partial charge in [-0.25, -0.2) is 9.67 Å². The van der Waals surface area contributed by atoms with Crippen molar-refractivity contribution in [3.8, 4) is 6.07 Å². The molecular weight excluding hydrogens is 439 g/mol. The number of rotatable bonds is 4. The molecule has 3 aromatic rings. The van der Waals surface area contributed by atoms with Crippen LogP contribution in [0.3, 0.4) is 0 Å². The lowest BCUT2D eigenvalue weighted by atomic mass is 10.1. The summed E-state index contributed by atoms with van der Waals surface area (Å²) in [5.41, 5.74) is -0.227. The Hall–Kier alpha value is -3.19. The Morgan fingerprint density at radius 1 is 1.21 bits per heavy atom. The summed E-state index contributed by atoms with van der Waals surface area (Å²) in [6.45, 7) is 0.320. The Labute approximate surface area is 165 Å². The molecule has 142 valence electrons. The SMILES string of the molecule is N#Cc1ccc(Cn2cnc(NC(=O)c3ccc(Br)cc3C(F)(F)F)n2)cc1. The summed E-state index contributed by atoms with van der Waals surface area (Å²) in [5.74, 6) is -1.08. The second kappa shape index (κ2) is 7.82. The molecule has 1 heterocycles. The molecule has 0 saturated heterocycles. The van der Waals surface area contributed by atoms with Crippen LogP contribution in [-0.2, 0) is 12.7 Å². The second-order valence-corrected chi connectivity index (χ2v) is 6.63. The molecule has 0 atom stereocenters. The number of amides is 1. The van der Waals surface area contributed by atoms with Crippen LogP contribution < -0.4 is 5.32 Å². The second-order valence-electron chi connectivity index (χ2n) is 5.72. The van der Waals surface area contributed by atoms with Crippen LogP contribution >= 0.6 is 15.9 Å². The van der Waals surface area contributed by atoms with Gasteiger partial charge in [0.1, 0.15) is 6.33 Å². The highest BCUT2D eigenvalue weighted by molar-refractivity contribution is 9.10. The van der Waals surface area contributed by atoms with Crippen molar-refractivity contribution in [2.45, 2.75) is 12.7 Å². The largest absolute Gasteiger partial charge is 0.417 e. The summed E-state index contributed by atoms with van der Waals surface area (Å²) in [4.78, 5) is 16.2. The van der Waals surface area contributed by atoms with E-state index in [2.05, 4.69) is 31.3 Å². The zero-order chi connectivity index (χ0) is 20.3. The van der Waals surface area contributed by atoms with Crippen LogP contribution in [0.1, 0.15) is 27.0 Å². The molecule has 1 N–H and O–H groups in total. The van der Waals surface area contributed by atoms with Gasteiger partial charge in [-0.1, -0.05) is 28.1 Å². The van der Waals surface area contributed by atoms with Crippen molar-refractivity contribution >= 4 is 27.8 Å². The molecule has 1 amide bonds. The monoisotopic (exact) mass is 449 g/mol. The molecule has 0 bridgehead atoms. The van der Waals surface area contributed by atoms with Gasteiger partial charge in [0.25, 0.3) is 5.91 Å². The maximum absolute atomic E-state index is 13.2. The highest BCUT2D eigenvalue weighted by Gasteiger charge is 2.35. The smallest absolute Gasteiger partial charge is 0.289 e. The fraction of sp³-hybridized carbons (Fsp3) is 0.111. The first-order valence-electron chi connectivity index (χ1n) is 7.83. The van der Waals surface area contributed by atoms with Crippen molar-refractivity contribution in [2.75, 3.05) is 5.32 Å². The zero-order valence-electron chi connectivity index (χ0n) is 14.0. The van der Waals surface area contributed by atoms with Crippen molar-refractivity contribution in [1.82, 2.24) is 14.8 Å². The standard InChI is InChI=1S/C18H11BrF3N5O/c19-13-5-6-14(15(7-13)18(20,21)22)16(28)25-17-24-10-27(26-17)9-12-3-1-11(8-23)2-4-12/h1-7,10H,9H2,(H,25,26,28). The van der Waals surface area contributed by atoms with Gasteiger partial charge < -0.3 is 0 Å². The number of hydrogen-bond acceptors (Lipinski definition) is 4. The Bertz CT molecular complexity index is 1050. The van der Waals surface area contributed by atoms with E-state index in [1.54, 1.807) is 24.3 Å². The Morgan fingerprint density at radius 2 is 1.93 bits per heavy atom. The molecule has 28 heavy (non-hydrogen) atoms. The molecule has 0 spiro atoms. The number of carbonyl (C=O) groups is 1. The lowest BCUT2D eigenvalue weighted by molar-refractivity contribution is -0.137. The number of nitriles is 1. The fourth-order valence-corrected chi connectivity index (χ4v) is 2.78. The molecule has 10 heteroatoms. The number of halogens is 4. The minimum Gasteiger partial charge on any atom is -0.289 e. The molecular formula is C18H11BrF3N5O. The highest BCUT2D eigenvalue weighted by Crippen LogP contribution is 2.34. The molecule has 1 aromatic heterocycles. The first kappa shape index (κ1) is 19.6. The lowest BCUT2D eigenvalue weighted by Gasteiger charge is -2.12. The average molecular weight is 450 g/mol. The summed E-state index contributed by atoms with van der Waals surface area (Å²) in [7, 11) is 0. The number of carbonyl (C=O) groups excluding carboxylic acids is 1. The number of alkyl halides is 3. The highest BCUT2D eigenvalue weighted by atomic mass is 79.9. The number of aromatic nitrogens is 3. The first-order chi connectivity index (χ1) is 13.3. The zero-order valence-corrected chi connectivity index (χ0v) is 15.6. The van der Waals surface area contributed by atoms with E-state index in [0.29, 0.717) is 12.1 Å². The third kappa shape index (κ3) is 4.55. The summed E-state index contributed by atoms with van der Waals surface area (Å²) in [5, 5.41) is 15.1. The molecule has 0 aliphatic carbocycles. The molecule has 6 nitrogen and oxygen atoms in total. The molecule has 0 unspecified atom stereocenters. The first-order valence-corrected chi connectivity index (χ1v) is 8.62. The molecule has 0 saturated carbocycles. The van der Waals surface area contributed by atoms with E-state index in [4.69, 9.17) is 5.26 Å². The Morgan fingerprint density at radius 3 is 2.57 bits per heavy atom. The number of benzene rings is 2. The summed E-state index contributed by atoms with van der Waals surface area (Å²) in [6, 6.07) is 12.1. The normalized spacial score (nSPS) is 11.1. The van der Waals surface area contributed by atoms with Gasteiger partial charge in [-0.05, 0) is 35.9 Å². The van der Waals surface area contributed by atoms with E-state index in [0.717, 1.165) is 17.7 Å². The van der Waals surface area contributed by atoms with E-state index in [1.165, 1.54) is 17.1 Å². The van der Waals surface area contributed by atoms with Crippen LogP contribution in [0.25, 0.3) is 0 Å². The summed E-state index contributed by atoms with van der Waals surface area (Å²) >= 11 is 2.97. The van der Waals surface area contributed by atoms with Crippen molar-refractivity contribution in [3.05, 3.63) is 75.5 Å². The number of nitrogens with zero attached hydrogens (tertiary/aromatic N) is 4. The quantitative estimate of drug-likeness (QED) is 0.645. The maximum atomic E-state index is 13.2. The molecule has 0 radical (unpaired) electrons. The minimum atomic E-state index is -4.68. The van der Waals surface area contributed by atoms with Crippen LogP contribution in [-0.4, -0.2) is 20.7 Å². The third-order valence-electron chi connectivity index (χ3n) is 3.72. The van der Waals surface area contributed by atoms with Crippen molar-refractivity contribution in [2.24, 2.45) is 0 Å². The molecule has 2 aromatic carbocycles. The van der Waals surface area contributed by atoms with Crippen molar-refractivity contribution < 1.29 is 18.0 Å². The van der Waals surface area contributed by atoms with E-state index in [9.17, 15) is 18.0 Å². The van der Waals surface area contributed by atoms with Gasteiger partial charge in [0.2, 0.25) is 5.95 Å². The van der Waals surface area contributed by atoms with Crippen LogP contribution in [0.15, 0.2) is 53.3 Å². The Balaban J connectivity index is 1.75. The summed E-state index contributed by atoms with van der Waals surface area (Å²) in [6.07, 6.45) is -3.33. The van der Waals surface area contributed by atoms with Crippen LogP contribution in [0, 0.1) is 11.3 Å². The fourth-order valence-electron chi connectivity index (χ4n) is 2.42. The van der Waals surface area contributed by atoms with Gasteiger partial charge >= 0.3 is 6.18 Å². The predicted molar refractivity (Wildman–Crippen MR) is 97.4 cm³/mol. The third-order valence-corrected chi connectivity index (χ3v) is 4.21. The van der Waals surface area contributed by atoms with E-state index < -0.39 is 23.2 Å². The van der Waals surface area contributed by atoms with Crippen LogP contribution in [0.5, 0.6) is 0 Å². The van der Waals surface area contributed by atoms with Crippen molar-refractivity contribution in [1.29, 1.82) is 5.26 Å². The molecule has 3 rings (SSSR count). The number of nitrogens with one attached hydrogen (secondary N) is 1. The van der Waals surface area contributed by atoms with E-state index in [1.807, 2.05) is 6.07 Å². The van der Waals surface area contributed by atoms with Gasteiger partial charge in [-0.3, -0.25) is 10.1 Å². The average Bonchev–Trinajstić information content (AvgIpc) is 3.08. The van der Waals surface area contributed by atoms with Crippen LogP contribution in [0.4, 0.5) is 19.1 Å². The number of anilines is 1.